The second-order valence-electron chi connectivity index (χ2n) is 5.20. The summed E-state index contributed by atoms with van der Waals surface area (Å²) < 4.78 is 1.88. The van der Waals surface area contributed by atoms with Gasteiger partial charge in [-0.3, -0.25) is 0 Å². The van der Waals surface area contributed by atoms with Crippen LogP contribution in [0.25, 0.3) is 5.69 Å². The molecule has 1 aromatic carbocycles. The van der Waals surface area contributed by atoms with E-state index in [2.05, 4.69) is 10.6 Å². The van der Waals surface area contributed by atoms with Crippen LogP contribution < -0.4 is 10.6 Å². The molecule has 0 radical (unpaired) electrons. The fourth-order valence-corrected chi connectivity index (χ4v) is 2.24. The van der Waals surface area contributed by atoms with E-state index in [1.165, 1.54) is 0 Å². The Labute approximate surface area is 134 Å². The molecule has 1 unspecified atom stereocenters. The maximum absolute atomic E-state index is 12.0. The van der Waals surface area contributed by atoms with Gasteiger partial charge >= 0.3 is 6.03 Å². The van der Waals surface area contributed by atoms with Gasteiger partial charge in [-0.1, -0.05) is 18.5 Å². The van der Waals surface area contributed by atoms with Gasteiger partial charge in [0.2, 0.25) is 0 Å². The molecule has 0 fully saturated rings. The van der Waals surface area contributed by atoms with Crippen molar-refractivity contribution in [3.8, 4) is 5.69 Å². The van der Waals surface area contributed by atoms with Gasteiger partial charge in [-0.2, -0.15) is 0 Å². The standard InChI is InChI=1S/C16H20ClN3O2/c1-12(6-9-21)11-18-16(22)19-14-5-4-13(17)10-15(14)20-7-2-3-8-20/h2-5,7-8,10,12,21H,6,9,11H2,1H3,(H2,18,19,22). The van der Waals surface area contributed by atoms with Crippen molar-refractivity contribution in [3.63, 3.8) is 0 Å². The number of rotatable bonds is 6. The number of aromatic nitrogens is 1. The fraction of sp³-hybridized carbons (Fsp3) is 0.312. The molecule has 0 aliphatic carbocycles. The zero-order chi connectivity index (χ0) is 15.9. The molecule has 2 rings (SSSR count). The molecule has 0 bridgehead atoms. The molecule has 1 aromatic heterocycles. The maximum atomic E-state index is 12.0. The van der Waals surface area contributed by atoms with Gasteiger partial charge in [0.1, 0.15) is 0 Å². The average Bonchev–Trinajstić information content (AvgIpc) is 3.01. The summed E-state index contributed by atoms with van der Waals surface area (Å²) in [7, 11) is 0. The molecule has 0 spiro atoms. The van der Waals surface area contributed by atoms with Crippen LogP contribution >= 0.6 is 11.6 Å². The second kappa shape index (κ2) is 7.87. The smallest absolute Gasteiger partial charge is 0.319 e. The molecule has 118 valence electrons. The summed E-state index contributed by atoms with van der Waals surface area (Å²) >= 11 is 6.04. The monoisotopic (exact) mass is 321 g/mol. The Morgan fingerprint density at radius 1 is 1.36 bits per heavy atom. The Kier molecular flexibility index (Phi) is 5.86. The Hall–Kier alpha value is -1.98. The number of aliphatic hydroxyl groups excluding tert-OH is 1. The zero-order valence-electron chi connectivity index (χ0n) is 12.4. The highest BCUT2D eigenvalue weighted by Gasteiger charge is 2.10. The molecule has 6 heteroatoms. The van der Waals surface area contributed by atoms with Crippen LogP contribution in [0.1, 0.15) is 13.3 Å². The molecule has 2 aromatic rings. The topological polar surface area (TPSA) is 66.3 Å². The van der Waals surface area contributed by atoms with E-state index < -0.39 is 0 Å². The number of nitrogens with one attached hydrogen (secondary N) is 2. The highest BCUT2D eigenvalue weighted by atomic mass is 35.5. The predicted molar refractivity (Wildman–Crippen MR) is 88.7 cm³/mol. The van der Waals surface area contributed by atoms with Crippen molar-refractivity contribution < 1.29 is 9.90 Å². The van der Waals surface area contributed by atoms with Crippen molar-refractivity contribution >= 4 is 23.3 Å². The van der Waals surface area contributed by atoms with Crippen LogP contribution in [0, 0.1) is 5.92 Å². The van der Waals surface area contributed by atoms with Gasteiger partial charge in [0.05, 0.1) is 11.4 Å². The number of carbonyl (C=O) groups excluding carboxylic acids is 1. The molecule has 0 saturated carbocycles. The molecule has 2 amide bonds. The Morgan fingerprint density at radius 2 is 2.09 bits per heavy atom. The third-order valence-corrected chi connectivity index (χ3v) is 3.56. The summed E-state index contributed by atoms with van der Waals surface area (Å²) in [6, 6.07) is 8.83. The van der Waals surface area contributed by atoms with Crippen LogP contribution in [0.4, 0.5) is 10.5 Å². The lowest BCUT2D eigenvalue weighted by Crippen LogP contribution is -2.32. The quantitative estimate of drug-likeness (QED) is 0.764. The van der Waals surface area contributed by atoms with E-state index in [-0.39, 0.29) is 18.6 Å². The van der Waals surface area contributed by atoms with Gasteiger partial charge in [0, 0.05) is 30.6 Å². The summed E-state index contributed by atoms with van der Waals surface area (Å²) in [5, 5.41) is 15.1. The lowest BCUT2D eigenvalue weighted by Gasteiger charge is -2.15. The highest BCUT2D eigenvalue weighted by molar-refractivity contribution is 6.30. The molecular formula is C16H20ClN3O2. The zero-order valence-corrected chi connectivity index (χ0v) is 13.2. The minimum Gasteiger partial charge on any atom is -0.396 e. The van der Waals surface area contributed by atoms with E-state index in [0.29, 0.717) is 23.7 Å². The molecule has 0 saturated heterocycles. The Balaban J connectivity index is 2.05. The van der Waals surface area contributed by atoms with Crippen LogP contribution in [-0.2, 0) is 0 Å². The van der Waals surface area contributed by atoms with E-state index in [1.807, 2.05) is 36.0 Å². The van der Waals surface area contributed by atoms with Gasteiger partial charge in [-0.05, 0) is 42.7 Å². The first kappa shape index (κ1) is 16.4. The summed E-state index contributed by atoms with van der Waals surface area (Å²) in [5.74, 6) is 0.227. The maximum Gasteiger partial charge on any atom is 0.319 e. The molecule has 1 heterocycles. The number of anilines is 1. The number of halogens is 1. The van der Waals surface area contributed by atoms with Gasteiger partial charge in [-0.25, -0.2) is 4.79 Å². The fourth-order valence-electron chi connectivity index (χ4n) is 2.08. The number of hydrogen-bond acceptors (Lipinski definition) is 2. The predicted octanol–water partition coefficient (Wildman–Crippen LogP) is 3.27. The first-order valence-corrected chi connectivity index (χ1v) is 7.56. The Bertz CT molecular complexity index is 614. The van der Waals surface area contributed by atoms with Crippen molar-refractivity contribution in [2.45, 2.75) is 13.3 Å². The number of nitrogens with zero attached hydrogens (tertiary/aromatic N) is 1. The van der Waals surface area contributed by atoms with Crippen LogP contribution in [0.5, 0.6) is 0 Å². The van der Waals surface area contributed by atoms with Gasteiger partial charge in [-0.15, -0.1) is 0 Å². The molecule has 0 aliphatic rings. The van der Waals surface area contributed by atoms with Crippen LogP contribution in [-0.4, -0.2) is 28.9 Å². The number of hydrogen-bond donors (Lipinski definition) is 3. The highest BCUT2D eigenvalue weighted by Crippen LogP contribution is 2.24. The minimum atomic E-state index is -0.277. The SMILES string of the molecule is CC(CCO)CNC(=O)Nc1ccc(Cl)cc1-n1cccc1. The van der Waals surface area contributed by atoms with Crippen molar-refractivity contribution in [2.24, 2.45) is 5.92 Å². The third-order valence-electron chi connectivity index (χ3n) is 3.32. The van der Waals surface area contributed by atoms with Crippen molar-refractivity contribution in [3.05, 3.63) is 47.7 Å². The molecule has 3 N–H and O–H groups in total. The van der Waals surface area contributed by atoms with Crippen molar-refractivity contribution in [1.82, 2.24) is 9.88 Å². The van der Waals surface area contributed by atoms with E-state index >= 15 is 0 Å². The third kappa shape index (κ3) is 4.51. The molecule has 5 nitrogen and oxygen atoms in total. The summed E-state index contributed by atoms with van der Waals surface area (Å²) in [4.78, 5) is 12.0. The Morgan fingerprint density at radius 3 is 2.77 bits per heavy atom. The summed E-state index contributed by atoms with van der Waals surface area (Å²) in [6.07, 6.45) is 4.44. The largest absolute Gasteiger partial charge is 0.396 e. The molecule has 0 aliphatic heterocycles. The van der Waals surface area contributed by atoms with Gasteiger partial charge in [0.25, 0.3) is 0 Å². The molecule has 1 atom stereocenters. The van der Waals surface area contributed by atoms with Gasteiger partial charge in [0.15, 0.2) is 0 Å². The number of urea groups is 1. The first-order chi connectivity index (χ1) is 10.6. The molecular weight excluding hydrogens is 302 g/mol. The lowest BCUT2D eigenvalue weighted by molar-refractivity contribution is 0.243. The van der Waals surface area contributed by atoms with E-state index in [0.717, 1.165) is 5.69 Å². The lowest BCUT2D eigenvalue weighted by atomic mass is 10.1. The number of carbonyl (C=O) groups is 1. The first-order valence-electron chi connectivity index (χ1n) is 7.18. The molecule has 22 heavy (non-hydrogen) atoms. The van der Waals surface area contributed by atoms with E-state index in [9.17, 15) is 4.79 Å². The summed E-state index contributed by atoms with van der Waals surface area (Å²) in [6.45, 7) is 2.61. The van der Waals surface area contributed by atoms with Crippen molar-refractivity contribution in [2.75, 3.05) is 18.5 Å². The van der Waals surface area contributed by atoms with E-state index in [1.54, 1.807) is 18.2 Å². The summed E-state index contributed by atoms with van der Waals surface area (Å²) in [5.41, 5.74) is 1.48. The second-order valence-corrected chi connectivity index (χ2v) is 5.64. The normalized spacial score (nSPS) is 12.0. The number of amides is 2. The van der Waals surface area contributed by atoms with Crippen molar-refractivity contribution in [1.29, 1.82) is 0 Å². The number of aliphatic hydroxyl groups is 1. The van der Waals surface area contributed by atoms with Gasteiger partial charge < -0.3 is 20.3 Å². The minimum absolute atomic E-state index is 0.124. The van der Waals surface area contributed by atoms with Crippen LogP contribution in [0.15, 0.2) is 42.7 Å². The average molecular weight is 322 g/mol. The van der Waals surface area contributed by atoms with Crippen LogP contribution in [0.3, 0.4) is 0 Å². The van der Waals surface area contributed by atoms with E-state index in [4.69, 9.17) is 16.7 Å². The number of benzene rings is 1. The van der Waals surface area contributed by atoms with Crippen LogP contribution in [0.2, 0.25) is 5.02 Å².